The number of alkyl halides is 4. The van der Waals surface area contributed by atoms with Gasteiger partial charge in [-0.3, -0.25) is 0 Å². The van der Waals surface area contributed by atoms with Crippen LogP contribution in [0.1, 0.15) is 33.6 Å². The normalized spacial score (nSPS) is 13.6. The summed E-state index contributed by atoms with van der Waals surface area (Å²) in [6, 6.07) is 0. The van der Waals surface area contributed by atoms with Crippen molar-refractivity contribution in [3.05, 3.63) is 36.1 Å². The molecule has 110 valence electrons. The van der Waals surface area contributed by atoms with E-state index >= 15 is 0 Å². The third-order valence-electron chi connectivity index (χ3n) is 2.31. The van der Waals surface area contributed by atoms with Crippen LogP contribution in [0.5, 0.6) is 0 Å². The highest BCUT2D eigenvalue weighted by Crippen LogP contribution is 2.28. The van der Waals surface area contributed by atoms with Crippen molar-refractivity contribution in [2.75, 3.05) is 0 Å². The Hall–Kier alpha value is -1.26. The molecular formula is C14H20F4O. The molecule has 0 aromatic carbocycles. The topological polar surface area (TPSA) is 9.23 Å². The van der Waals surface area contributed by atoms with Crippen LogP contribution in [-0.2, 0) is 4.74 Å². The first kappa shape index (κ1) is 17.7. The first-order chi connectivity index (χ1) is 8.70. The SMILES string of the molecule is C=C(/C=C(\C=C/CCC)OC(F)(F)C(F)F)C(C)C. The summed E-state index contributed by atoms with van der Waals surface area (Å²) >= 11 is 0. The van der Waals surface area contributed by atoms with Gasteiger partial charge in [-0.15, -0.1) is 0 Å². The Morgan fingerprint density at radius 1 is 1.32 bits per heavy atom. The van der Waals surface area contributed by atoms with E-state index in [-0.39, 0.29) is 11.7 Å². The number of hydrogen-bond acceptors (Lipinski definition) is 1. The van der Waals surface area contributed by atoms with Crippen molar-refractivity contribution in [3.8, 4) is 0 Å². The summed E-state index contributed by atoms with van der Waals surface area (Å²) in [4.78, 5) is 0. The molecule has 0 atom stereocenters. The Labute approximate surface area is 111 Å². The third kappa shape index (κ3) is 7.03. The molecule has 0 aliphatic rings. The highest BCUT2D eigenvalue weighted by Gasteiger charge is 2.44. The van der Waals surface area contributed by atoms with E-state index in [1.807, 2.05) is 20.8 Å². The maximum Gasteiger partial charge on any atom is 0.461 e. The predicted octanol–water partition coefficient (Wildman–Crippen LogP) is 5.31. The van der Waals surface area contributed by atoms with Gasteiger partial charge < -0.3 is 4.74 Å². The van der Waals surface area contributed by atoms with Gasteiger partial charge in [0.1, 0.15) is 5.76 Å². The predicted molar refractivity (Wildman–Crippen MR) is 68.1 cm³/mol. The van der Waals surface area contributed by atoms with Crippen molar-refractivity contribution in [1.29, 1.82) is 0 Å². The van der Waals surface area contributed by atoms with E-state index in [0.29, 0.717) is 12.0 Å². The van der Waals surface area contributed by atoms with Crippen LogP contribution in [-0.4, -0.2) is 12.5 Å². The summed E-state index contributed by atoms with van der Waals surface area (Å²) in [6.07, 6.45) is -2.78. The highest BCUT2D eigenvalue weighted by molar-refractivity contribution is 5.25. The van der Waals surface area contributed by atoms with E-state index in [1.165, 1.54) is 12.2 Å². The lowest BCUT2D eigenvalue weighted by Crippen LogP contribution is -2.29. The van der Waals surface area contributed by atoms with Crippen LogP contribution in [0, 0.1) is 5.92 Å². The Bertz CT molecular complexity index is 343. The number of allylic oxidation sites excluding steroid dienone is 4. The number of hydrogen-bond donors (Lipinski definition) is 0. The maximum absolute atomic E-state index is 12.9. The second-order valence-electron chi connectivity index (χ2n) is 4.43. The molecule has 0 amide bonds. The molecule has 0 bridgehead atoms. The fourth-order valence-corrected chi connectivity index (χ4v) is 1.03. The minimum atomic E-state index is -4.50. The molecular weight excluding hydrogens is 260 g/mol. The van der Waals surface area contributed by atoms with Crippen LogP contribution in [0.3, 0.4) is 0 Å². The molecule has 0 aromatic heterocycles. The van der Waals surface area contributed by atoms with Gasteiger partial charge in [0, 0.05) is 0 Å². The fraction of sp³-hybridized carbons (Fsp3) is 0.571. The Morgan fingerprint density at radius 2 is 1.89 bits per heavy atom. The van der Waals surface area contributed by atoms with Crippen molar-refractivity contribution >= 4 is 0 Å². The monoisotopic (exact) mass is 280 g/mol. The van der Waals surface area contributed by atoms with Crippen LogP contribution >= 0.6 is 0 Å². The van der Waals surface area contributed by atoms with E-state index in [4.69, 9.17) is 0 Å². The molecule has 0 aromatic rings. The van der Waals surface area contributed by atoms with Crippen LogP contribution in [0.4, 0.5) is 17.6 Å². The van der Waals surface area contributed by atoms with Crippen LogP contribution in [0.2, 0.25) is 0 Å². The highest BCUT2D eigenvalue weighted by atomic mass is 19.3. The van der Waals surface area contributed by atoms with Crippen molar-refractivity contribution in [1.82, 2.24) is 0 Å². The summed E-state index contributed by atoms with van der Waals surface area (Å²) in [5.41, 5.74) is 0.529. The molecule has 0 saturated carbocycles. The van der Waals surface area contributed by atoms with E-state index in [0.717, 1.165) is 6.42 Å². The van der Waals surface area contributed by atoms with Gasteiger partial charge in [0.05, 0.1) is 0 Å². The summed E-state index contributed by atoms with van der Waals surface area (Å²) in [5, 5.41) is 0. The van der Waals surface area contributed by atoms with Gasteiger partial charge in [0.2, 0.25) is 0 Å². The van der Waals surface area contributed by atoms with Crippen LogP contribution < -0.4 is 0 Å². The molecule has 0 saturated heterocycles. The molecule has 0 radical (unpaired) electrons. The van der Waals surface area contributed by atoms with Gasteiger partial charge in [-0.1, -0.05) is 39.8 Å². The van der Waals surface area contributed by atoms with Crippen molar-refractivity contribution in [2.24, 2.45) is 5.92 Å². The van der Waals surface area contributed by atoms with Gasteiger partial charge in [-0.2, -0.15) is 17.6 Å². The summed E-state index contributed by atoms with van der Waals surface area (Å²) in [6.45, 7) is 9.22. The van der Waals surface area contributed by atoms with E-state index in [2.05, 4.69) is 11.3 Å². The molecule has 1 nitrogen and oxygen atoms in total. The van der Waals surface area contributed by atoms with E-state index < -0.39 is 12.5 Å². The van der Waals surface area contributed by atoms with Gasteiger partial charge in [-0.25, -0.2) is 0 Å². The molecule has 0 N–H and O–H groups in total. The summed E-state index contributed by atoms with van der Waals surface area (Å²) in [7, 11) is 0. The van der Waals surface area contributed by atoms with E-state index in [1.54, 1.807) is 6.08 Å². The minimum absolute atomic E-state index is 0.0124. The Balaban J connectivity index is 5.02. The zero-order valence-corrected chi connectivity index (χ0v) is 11.4. The first-order valence-corrected chi connectivity index (χ1v) is 6.12. The smallest absolute Gasteiger partial charge is 0.428 e. The average Bonchev–Trinajstić information content (AvgIpc) is 2.28. The molecule has 0 aliphatic carbocycles. The number of ether oxygens (including phenoxy) is 1. The Kier molecular flexibility index (Phi) is 7.49. The molecule has 0 spiro atoms. The zero-order chi connectivity index (χ0) is 15.1. The molecule has 0 heterocycles. The van der Waals surface area contributed by atoms with Gasteiger partial charge in [0.25, 0.3) is 0 Å². The lowest BCUT2D eigenvalue weighted by atomic mass is 10.0. The standard InChI is InChI=1S/C14H20F4O/c1-5-6-7-8-12(9-11(4)10(2)3)19-14(17,18)13(15)16/h7-10,13H,4-6H2,1-3H3/b8-7-,12-9+. The lowest BCUT2D eigenvalue weighted by Gasteiger charge is -2.18. The number of halogens is 4. The van der Waals surface area contributed by atoms with Crippen LogP contribution in [0.15, 0.2) is 36.1 Å². The summed E-state index contributed by atoms with van der Waals surface area (Å²) < 4.78 is 54.1. The van der Waals surface area contributed by atoms with E-state index in [9.17, 15) is 17.6 Å². The first-order valence-electron chi connectivity index (χ1n) is 6.12. The summed E-state index contributed by atoms with van der Waals surface area (Å²) in [5.74, 6) is -0.296. The second kappa shape index (κ2) is 8.02. The van der Waals surface area contributed by atoms with Crippen LogP contribution in [0.25, 0.3) is 0 Å². The number of rotatable bonds is 8. The molecule has 0 fully saturated rings. The molecule has 0 rings (SSSR count). The second-order valence-corrected chi connectivity index (χ2v) is 4.43. The molecule has 19 heavy (non-hydrogen) atoms. The largest absolute Gasteiger partial charge is 0.461 e. The van der Waals surface area contributed by atoms with Gasteiger partial charge in [-0.05, 0) is 30.1 Å². The molecule has 5 heteroatoms. The lowest BCUT2D eigenvalue weighted by molar-refractivity contribution is -0.279. The van der Waals surface area contributed by atoms with Crippen molar-refractivity contribution in [2.45, 2.75) is 46.1 Å². The fourth-order valence-electron chi connectivity index (χ4n) is 1.03. The maximum atomic E-state index is 12.9. The minimum Gasteiger partial charge on any atom is -0.428 e. The quantitative estimate of drug-likeness (QED) is 0.332. The van der Waals surface area contributed by atoms with Crippen molar-refractivity contribution < 1.29 is 22.3 Å². The van der Waals surface area contributed by atoms with Crippen molar-refractivity contribution in [3.63, 3.8) is 0 Å². The molecule has 0 unspecified atom stereocenters. The third-order valence-corrected chi connectivity index (χ3v) is 2.31. The Morgan fingerprint density at radius 3 is 2.32 bits per heavy atom. The number of unbranched alkanes of at least 4 members (excludes halogenated alkanes) is 1. The average molecular weight is 280 g/mol. The zero-order valence-electron chi connectivity index (χ0n) is 11.4. The molecule has 0 aliphatic heterocycles. The van der Waals surface area contributed by atoms with Gasteiger partial charge in [0.15, 0.2) is 0 Å². The van der Waals surface area contributed by atoms with Gasteiger partial charge >= 0.3 is 12.5 Å².